The maximum absolute atomic E-state index is 12.5. The summed E-state index contributed by atoms with van der Waals surface area (Å²) in [5.74, 6) is 0.814. The number of thiocarbonyl (C=S) groups is 1. The molecule has 4 aromatic carbocycles. The molecule has 0 saturated carbocycles. The fourth-order valence-corrected chi connectivity index (χ4v) is 3.76. The van der Waals surface area contributed by atoms with Crippen LogP contribution in [0.5, 0.6) is 5.75 Å². The van der Waals surface area contributed by atoms with Gasteiger partial charge in [0, 0.05) is 16.8 Å². The number of fused-ring (bicyclic) bond motifs is 2. The number of nitrogens with one attached hydrogen (secondary N) is 2. The lowest BCUT2D eigenvalue weighted by Gasteiger charge is -2.10. The summed E-state index contributed by atoms with van der Waals surface area (Å²) in [6.45, 7) is 0. The Morgan fingerprint density at radius 2 is 1.79 bits per heavy atom. The van der Waals surface area contributed by atoms with Crippen molar-refractivity contribution < 1.29 is 13.9 Å². The number of hydrogen-bond acceptors (Lipinski definition) is 5. The molecule has 0 aliphatic heterocycles. The molecule has 5 aromatic rings. The molecule has 0 aliphatic carbocycles. The Bertz CT molecular complexity index is 1510. The van der Waals surface area contributed by atoms with Crippen LogP contribution in [-0.4, -0.2) is 23.1 Å². The average molecular weight is 454 g/mol. The number of amides is 1. The van der Waals surface area contributed by atoms with Crippen LogP contribution in [0, 0.1) is 0 Å². The summed E-state index contributed by atoms with van der Waals surface area (Å²) in [5, 5.41) is 8.16. The molecule has 0 saturated heterocycles. The van der Waals surface area contributed by atoms with Gasteiger partial charge in [-0.1, -0.05) is 36.4 Å². The monoisotopic (exact) mass is 453 g/mol. The van der Waals surface area contributed by atoms with Crippen molar-refractivity contribution in [2.75, 3.05) is 12.4 Å². The van der Waals surface area contributed by atoms with Gasteiger partial charge in [-0.15, -0.1) is 0 Å². The molecule has 162 valence electrons. The maximum Gasteiger partial charge on any atom is 0.257 e. The van der Waals surface area contributed by atoms with Gasteiger partial charge in [-0.05, 0) is 71.5 Å². The lowest BCUT2D eigenvalue weighted by atomic mass is 10.1. The first-order chi connectivity index (χ1) is 16.1. The second-order valence-corrected chi connectivity index (χ2v) is 7.81. The molecule has 0 unspecified atom stereocenters. The highest BCUT2D eigenvalue weighted by atomic mass is 32.1. The topological polar surface area (TPSA) is 76.4 Å². The summed E-state index contributed by atoms with van der Waals surface area (Å²) >= 11 is 5.30. The highest BCUT2D eigenvalue weighted by Crippen LogP contribution is 2.28. The van der Waals surface area contributed by atoms with Crippen molar-refractivity contribution in [2.24, 2.45) is 0 Å². The van der Waals surface area contributed by atoms with Crippen LogP contribution < -0.4 is 15.4 Å². The van der Waals surface area contributed by atoms with Gasteiger partial charge in [0.15, 0.2) is 10.7 Å². The largest absolute Gasteiger partial charge is 0.497 e. The molecule has 0 bridgehead atoms. The zero-order valence-electron chi connectivity index (χ0n) is 17.7. The van der Waals surface area contributed by atoms with E-state index < -0.39 is 0 Å². The second kappa shape index (κ2) is 8.72. The lowest BCUT2D eigenvalue weighted by molar-refractivity contribution is 0.0977. The second-order valence-electron chi connectivity index (χ2n) is 7.40. The van der Waals surface area contributed by atoms with Gasteiger partial charge >= 0.3 is 0 Å². The number of carbonyl (C=O) groups is 1. The van der Waals surface area contributed by atoms with Crippen molar-refractivity contribution in [3.63, 3.8) is 0 Å². The Kier molecular flexibility index (Phi) is 5.46. The number of aromatic nitrogens is 1. The van der Waals surface area contributed by atoms with Gasteiger partial charge in [-0.2, -0.15) is 0 Å². The minimum absolute atomic E-state index is 0.181. The summed E-state index contributed by atoms with van der Waals surface area (Å²) in [7, 11) is 1.55. The first kappa shape index (κ1) is 20.7. The van der Waals surface area contributed by atoms with E-state index in [1.807, 2.05) is 36.4 Å². The van der Waals surface area contributed by atoms with Gasteiger partial charge in [0.2, 0.25) is 5.89 Å². The SMILES string of the molecule is COc1cccc(C(=O)NC(=S)Nc2ccc3oc(-c4ccc5ccccc5c4)nc3c2)c1. The van der Waals surface area contributed by atoms with E-state index in [9.17, 15) is 4.79 Å². The molecule has 0 aliphatic rings. The van der Waals surface area contributed by atoms with Crippen LogP contribution in [0.2, 0.25) is 0 Å². The summed E-state index contributed by atoms with van der Waals surface area (Å²) in [4.78, 5) is 17.1. The molecule has 0 fully saturated rings. The molecule has 0 spiro atoms. The Balaban J connectivity index is 1.32. The van der Waals surface area contributed by atoms with Crippen molar-refractivity contribution >= 4 is 50.8 Å². The van der Waals surface area contributed by atoms with E-state index in [-0.39, 0.29) is 11.0 Å². The van der Waals surface area contributed by atoms with Gasteiger partial charge in [0.1, 0.15) is 11.3 Å². The smallest absolute Gasteiger partial charge is 0.257 e. The first-order valence-corrected chi connectivity index (χ1v) is 10.7. The summed E-state index contributed by atoms with van der Waals surface area (Å²) in [6.07, 6.45) is 0. The molecular weight excluding hydrogens is 434 g/mol. The lowest BCUT2D eigenvalue weighted by Crippen LogP contribution is -2.34. The first-order valence-electron chi connectivity index (χ1n) is 10.3. The number of ether oxygens (including phenoxy) is 1. The summed E-state index contributed by atoms with van der Waals surface area (Å²) in [6, 6.07) is 26.6. The van der Waals surface area contributed by atoms with Crippen LogP contribution >= 0.6 is 12.2 Å². The number of hydrogen-bond donors (Lipinski definition) is 2. The number of benzene rings is 4. The number of anilines is 1. The van der Waals surface area contributed by atoms with E-state index in [1.54, 1.807) is 31.4 Å². The van der Waals surface area contributed by atoms with Crippen LogP contribution in [0.15, 0.2) is 89.3 Å². The Morgan fingerprint density at radius 3 is 2.64 bits per heavy atom. The predicted molar refractivity (Wildman–Crippen MR) is 134 cm³/mol. The molecule has 0 radical (unpaired) electrons. The van der Waals surface area contributed by atoms with Crippen molar-refractivity contribution in [3.05, 3.63) is 90.5 Å². The van der Waals surface area contributed by atoms with Gasteiger partial charge in [0.25, 0.3) is 5.91 Å². The molecule has 1 aromatic heterocycles. The van der Waals surface area contributed by atoms with Crippen molar-refractivity contribution in [1.82, 2.24) is 10.3 Å². The summed E-state index contributed by atoms with van der Waals surface area (Å²) < 4.78 is 11.1. The zero-order chi connectivity index (χ0) is 22.8. The third-order valence-electron chi connectivity index (χ3n) is 5.20. The highest BCUT2D eigenvalue weighted by Gasteiger charge is 2.12. The predicted octanol–water partition coefficient (Wildman–Crippen LogP) is 5.78. The van der Waals surface area contributed by atoms with E-state index in [4.69, 9.17) is 21.4 Å². The van der Waals surface area contributed by atoms with Crippen LogP contribution in [-0.2, 0) is 0 Å². The number of carbonyl (C=O) groups excluding carboxylic acids is 1. The van der Waals surface area contributed by atoms with Crippen molar-refractivity contribution in [2.45, 2.75) is 0 Å². The fraction of sp³-hybridized carbons (Fsp3) is 0.0385. The molecule has 33 heavy (non-hydrogen) atoms. The Morgan fingerprint density at radius 1 is 0.939 bits per heavy atom. The van der Waals surface area contributed by atoms with Gasteiger partial charge in [-0.25, -0.2) is 4.98 Å². The van der Waals surface area contributed by atoms with Crippen molar-refractivity contribution in [1.29, 1.82) is 0 Å². The highest BCUT2D eigenvalue weighted by molar-refractivity contribution is 7.80. The van der Waals surface area contributed by atoms with Gasteiger partial charge < -0.3 is 14.5 Å². The van der Waals surface area contributed by atoms with Gasteiger partial charge in [0.05, 0.1) is 7.11 Å². The fourth-order valence-electron chi connectivity index (χ4n) is 3.55. The molecule has 1 heterocycles. The Hall–Kier alpha value is -4.23. The Labute approximate surface area is 195 Å². The van der Waals surface area contributed by atoms with E-state index >= 15 is 0 Å². The molecule has 6 nitrogen and oxygen atoms in total. The average Bonchev–Trinajstić information content (AvgIpc) is 3.27. The third kappa shape index (κ3) is 4.40. The zero-order valence-corrected chi connectivity index (χ0v) is 18.5. The van der Waals surface area contributed by atoms with Crippen LogP contribution in [0.4, 0.5) is 5.69 Å². The van der Waals surface area contributed by atoms with Gasteiger partial charge in [-0.3, -0.25) is 10.1 Å². The normalized spacial score (nSPS) is 10.8. The third-order valence-corrected chi connectivity index (χ3v) is 5.40. The minimum atomic E-state index is -0.326. The molecule has 1 amide bonds. The van der Waals surface area contributed by atoms with E-state index in [0.29, 0.717) is 34.0 Å². The molecule has 5 rings (SSSR count). The van der Waals surface area contributed by atoms with Crippen molar-refractivity contribution in [3.8, 4) is 17.2 Å². The van der Waals surface area contributed by atoms with Crippen LogP contribution in [0.1, 0.15) is 10.4 Å². The number of rotatable bonds is 4. The van der Waals surface area contributed by atoms with E-state index in [2.05, 4.69) is 39.9 Å². The maximum atomic E-state index is 12.5. The quantitative estimate of drug-likeness (QED) is 0.336. The summed E-state index contributed by atoms with van der Waals surface area (Å²) in [5.41, 5.74) is 3.39. The number of oxazole rings is 1. The molecule has 0 atom stereocenters. The standard InChI is InChI=1S/C26H19N3O3S/c1-31-21-8-4-7-18(14-21)24(30)29-26(33)27-20-11-12-23-22(15-20)28-25(32-23)19-10-9-16-5-2-3-6-17(16)13-19/h2-15H,1H3,(H2,27,29,30,33). The van der Waals surface area contributed by atoms with E-state index in [0.717, 1.165) is 16.3 Å². The van der Waals surface area contributed by atoms with E-state index in [1.165, 1.54) is 0 Å². The molecule has 7 heteroatoms. The molecule has 2 N–H and O–H groups in total. The van der Waals surface area contributed by atoms with Crippen LogP contribution in [0.25, 0.3) is 33.3 Å². The number of methoxy groups -OCH3 is 1. The van der Waals surface area contributed by atoms with Crippen LogP contribution in [0.3, 0.4) is 0 Å². The number of nitrogens with zero attached hydrogens (tertiary/aromatic N) is 1. The molecular formula is C26H19N3O3S. The minimum Gasteiger partial charge on any atom is -0.497 e.